The monoisotopic (exact) mass is 716 g/mol. The van der Waals surface area contributed by atoms with E-state index in [2.05, 4.69) is 20.0 Å². The van der Waals surface area contributed by atoms with Crippen LogP contribution in [0.15, 0.2) is 67.0 Å². The summed E-state index contributed by atoms with van der Waals surface area (Å²) < 4.78 is 86.8. The predicted molar refractivity (Wildman–Crippen MR) is 173 cm³/mol. The molecule has 6 rings (SSSR count). The van der Waals surface area contributed by atoms with Crippen molar-refractivity contribution in [1.29, 1.82) is 0 Å². The maximum atomic E-state index is 15.9. The van der Waals surface area contributed by atoms with Crippen molar-refractivity contribution in [1.82, 2.24) is 24.6 Å². The average molecular weight is 717 g/mol. The molecule has 1 aliphatic rings. The van der Waals surface area contributed by atoms with Gasteiger partial charge in [0.15, 0.2) is 23.6 Å². The Morgan fingerprint density at radius 2 is 1.94 bits per heavy atom. The van der Waals surface area contributed by atoms with Gasteiger partial charge >= 0.3 is 13.7 Å². The number of nitrogen functional groups attached to an aromatic ring is 1. The van der Waals surface area contributed by atoms with Gasteiger partial charge in [-0.25, -0.2) is 22.7 Å². The highest BCUT2D eigenvalue weighted by atomic mass is 31.2. The van der Waals surface area contributed by atoms with Crippen LogP contribution >= 0.6 is 7.75 Å². The number of methoxy groups -OCH3 is 1. The van der Waals surface area contributed by atoms with Crippen LogP contribution in [0, 0.1) is 11.6 Å². The van der Waals surface area contributed by atoms with E-state index < -0.39 is 68.7 Å². The van der Waals surface area contributed by atoms with Crippen molar-refractivity contribution in [2.45, 2.75) is 50.6 Å². The number of benzene rings is 3. The smallest absolute Gasteiger partial charge is 0.459 e. The zero-order valence-corrected chi connectivity index (χ0v) is 27.7. The third kappa shape index (κ3) is 6.95. The fourth-order valence-corrected chi connectivity index (χ4v) is 6.97. The zero-order valence-electron chi connectivity index (χ0n) is 26.8. The van der Waals surface area contributed by atoms with Crippen molar-refractivity contribution in [2.75, 3.05) is 19.5 Å². The van der Waals surface area contributed by atoms with E-state index in [1.54, 1.807) is 36.4 Å². The van der Waals surface area contributed by atoms with E-state index in [1.165, 1.54) is 37.9 Å². The van der Waals surface area contributed by atoms with Crippen molar-refractivity contribution < 1.29 is 50.9 Å². The quantitative estimate of drug-likeness (QED) is 0.119. The number of hydrogen-bond acceptors (Lipinski definition) is 12. The first-order valence-electron chi connectivity index (χ1n) is 15.2. The Balaban J connectivity index is 1.23. The Kier molecular flexibility index (Phi) is 9.70. The van der Waals surface area contributed by atoms with Gasteiger partial charge in [0.05, 0.1) is 20.0 Å². The highest BCUT2D eigenvalue weighted by Crippen LogP contribution is 2.49. The minimum atomic E-state index is -4.60. The molecule has 0 aliphatic carbocycles. The molecule has 6 atom stereocenters. The van der Waals surface area contributed by atoms with E-state index in [9.17, 15) is 23.2 Å². The third-order valence-corrected chi connectivity index (χ3v) is 9.64. The summed E-state index contributed by atoms with van der Waals surface area (Å²) in [4.78, 5) is 25.2. The molecule has 3 aromatic carbocycles. The summed E-state index contributed by atoms with van der Waals surface area (Å²) in [5.41, 5.74) is 3.80. The zero-order chi connectivity index (χ0) is 35.8. The molecule has 0 spiro atoms. The molecule has 14 nitrogen and oxygen atoms in total. The number of alkyl halides is 1. The van der Waals surface area contributed by atoms with Crippen LogP contribution in [-0.2, 0) is 30.0 Å². The lowest BCUT2D eigenvalue weighted by Crippen LogP contribution is -2.42. The molecule has 1 aliphatic heterocycles. The SMILES string of the molecule is COc1nc(N)nc2c1ncn2[C@@H]1O[C@H](COP(=O)(NC(C)C(=O)OCc2ccc(F)cc2F)Oc2cccc3ccccc23)[C@@H](F)[C@@]1(C)O. The van der Waals surface area contributed by atoms with E-state index in [4.69, 9.17) is 29.0 Å². The third-order valence-electron chi connectivity index (χ3n) is 8.01. The van der Waals surface area contributed by atoms with Gasteiger partial charge in [0.1, 0.15) is 41.7 Å². The molecule has 50 heavy (non-hydrogen) atoms. The number of rotatable bonds is 12. The highest BCUT2D eigenvalue weighted by Gasteiger charge is 2.55. The number of nitrogens with zero attached hydrogens (tertiary/aromatic N) is 4. The fraction of sp³-hybridized carbons (Fsp3) is 0.312. The largest absolute Gasteiger partial charge is 0.479 e. The number of carbonyl (C=O) groups excluding carboxylic acids is 1. The number of hydrogen-bond donors (Lipinski definition) is 3. The van der Waals surface area contributed by atoms with Crippen LogP contribution < -0.4 is 20.1 Å². The van der Waals surface area contributed by atoms with Crippen LogP contribution in [0.1, 0.15) is 25.6 Å². The van der Waals surface area contributed by atoms with E-state index in [0.717, 1.165) is 17.5 Å². The molecule has 18 heteroatoms. The Labute approximate surface area is 282 Å². The number of nitrogens with two attached hydrogens (primary N) is 1. The number of anilines is 1. The van der Waals surface area contributed by atoms with Crippen LogP contribution in [-0.4, -0.2) is 68.2 Å². The Morgan fingerprint density at radius 1 is 1.18 bits per heavy atom. The van der Waals surface area contributed by atoms with Gasteiger partial charge in [-0.15, -0.1) is 0 Å². The Hall–Kier alpha value is -4.80. The van der Waals surface area contributed by atoms with E-state index >= 15 is 4.39 Å². The number of nitrogens with one attached hydrogen (secondary N) is 1. The summed E-state index contributed by atoms with van der Waals surface area (Å²) in [6.45, 7) is 1.21. The lowest BCUT2D eigenvalue weighted by Gasteiger charge is -2.26. The molecular weight excluding hydrogens is 684 g/mol. The van der Waals surface area contributed by atoms with Gasteiger partial charge in [-0.1, -0.05) is 36.4 Å². The van der Waals surface area contributed by atoms with Gasteiger partial charge < -0.3 is 29.6 Å². The van der Waals surface area contributed by atoms with Crippen molar-refractivity contribution in [3.8, 4) is 11.6 Å². The average Bonchev–Trinajstić information content (AvgIpc) is 3.59. The van der Waals surface area contributed by atoms with Crippen molar-refractivity contribution in [3.05, 3.63) is 84.2 Å². The normalized spacial score (nSPS) is 22.3. The van der Waals surface area contributed by atoms with E-state index in [-0.39, 0.29) is 34.3 Å². The number of aromatic nitrogens is 4. The number of carbonyl (C=O) groups is 1. The summed E-state index contributed by atoms with van der Waals surface area (Å²) in [5, 5.41) is 15.1. The Bertz CT molecular complexity index is 2100. The molecule has 0 saturated carbocycles. The van der Waals surface area contributed by atoms with Crippen molar-refractivity contribution >= 4 is 41.6 Å². The number of ether oxygens (including phenoxy) is 3. The molecular formula is C32H32F3N6O8P. The topological polar surface area (TPSA) is 182 Å². The number of fused-ring (bicyclic) bond motifs is 2. The first-order valence-corrected chi connectivity index (χ1v) is 16.7. The molecule has 0 bridgehead atoms. The predicted octanol–water partition coefficient (Wildman–Crippen LogP) is 4.76. The summed E-state index contributed by atoms with van der Waals surface area (Å²) in [5.74, 6) is -2.71. The molecule has 5 aromatic rings. The van der Waals surface area contributed by atoms with Gasteiger partial charge in [-0.3, -0.25) is 13.9 Å². The van der Waals surface area contributed by atoms with E-state index in [0.29, 0.717) is 11.5 Å². The van der Waals surface area contributed by atoms with Crippen molar-refractivity contribution in [2.24, 2.45) is 0 Å². The number of aliphatic hydroxyl groups is 1. The second kappa shape index (κ2) is 13.8. The molecule has 1 saturated heterocycles. The molecule has 2 aromatic heterocycles. The van der Waals surface area contributed by atoms with Gasteiger partial charge in [0, 0.05) is 17.0 Å². The minimum absolute atomic E-state index is 0.0496. The van der Waals surface area contributed by atoms with Gasteiger partial charge in [-0.2, -0.15) is 15.1 Å². The van der Waals surface area contributed by atoms with Gasteiger partial charge in [0.2, 0.25) is 11.8 Å². The summed E-state index contributed by atoms with van der Waals surface area (Å²) in [7, 11) is -3.25. The second-order valence-electron chi connectivity index (χ2n) is 11.6. The minimum Gasteiger partial charge on any atom is -0.479 e. The van der Waals surface area contributed by atoms with Crippen molar-refractivity contribution in [3.63, 3.8) is 0 Å². The highest BCUT2D eigenvalue weighted by molar-refractivity contribution is 7.52. The molecule has 264 valence electrons. The van der Waals surface area contributed by atoms with Crippen LogP contribution in [0.5, 0.6) is 11.6 Å². The summed E-state index contributed by atoms with van der Waals surface area (Å²) in [6.07, 6.45) is -3.80. The first-order chi connectivity index (χ1) is 23.8. The lowest BCUT2D eigenvalue weighted by molar-refractivity contribution is -0.146. The van der Waals surface area contributed by atoms with Crippen LogP contribution in [0.2, 0.25) is 0 Å². The van der Waals surface area contributed by atoms with Crippen LogP contribution in [0.3, 0.4) is 0 Å². The maximum absolute atomic E-state index is 15.9. The second-order valence-corrected chi connectivity index (χ2v) is 13.3. The molecule has 4 N–H and O–H groups in total. The summed E-state index contributed by atoms with van der Waals surface area (Å²) in [6, 6.07) is 13.4. The number of imidazole rings is 1. The molecule has 1 fully saturated rings. The van der Waals surface area contributed by atoms with Crippen LogP contribution in [0.25, 0.3) is 21.9 Å². The fourth-order valence-electron chi connectivity index (χ4n) is 5.45. The molecule has 0 radical (unpaired) electrons. The van der Waals surface area contributed by atoms with Gasteiger partial charge in [0.25, 0.3) is 0 Å². The van der Waals surface area contributed by atoms with Gasteiger partial charge in [-0.05, 0) is 37.4 Å². The molecule has 2 unspecified atom stereocenters. The van der Waals surface area contributed by atoms with Crippen LogP contribution in [0.4, 0.5) is 19.1 Å². The summed E-state index contributed by atoms with van der Waals surface area (Å²) >= 11 is 0. The molecule has 0 amide bonds. The Morgan fingerprint density at radius 3 is 2.70 bits per heavy atom. The standard InChI is InChI=1S/C32H32F3N6O8P/c1-17(29(42)46-14-19-11-12-20(33)13-22(19)34)40-50(44,49-23-10-6-8-18-7-4-5-9-21(18)23)47-15-24-26(35)32(2,43)30(48-24)41-16-37-25-27(41)38-31(36)39-28(25)45-3/h4-13,16-17,24,26,30,43H,14-15H2,1-3H3,(H,40,44)(H2,36,38,39)/t17?,24-,26-,30-,32-,50?/m1/s1. The lowest BCUT2D eigenvalue weighted by atomic mass is 9.98. The first kappa shape index (κ1) is 35.0. The maximum Gasteiger partial charge on any atom is 0.459 e. The van der Waals surface area contributed by atoms with E-state index in [1.807, 2.05) is 0 Å². The number of esters is 1. The molecule has 3 heterocycles. The number of halogens is 3.